The molecule has 8 heteroatoms. The molecule has 1 aliphatic carbocycles. The highest BCUT2D eigenvalue weighted by Crippen LogP contribution is 2.39. The highest BCUT2D eigenvalue weighted by Gasteiger charge is 2.39. The summed E-state index contributed by atoms with van der Waals surface area (Å²) in [6.07, 6.45) is 1.76. The van der Waals surface area contributed by atoms with Crippen molar-refractivity contribution in [2.24, 2.45) is 0 Å². The maximum atomic E-state index is 12.4. The van der Waals surface area contributed by atoms with Gasteiger partial charge in [-0.25, -0.2) is 8.42 Å². The molecule has 2 rings (SSSR count). The summed E-state index contributed by atoms with van der Waals surface area (Å²) in [4.78, 5) is 0.0891. The lowest BCUT2D eigenvalue weighted by Crippen LogP contribution is -2.34. The minimum Gasteiger partial charge on any atom is -0.207 e. The molecule has 0 atom stereocenters. The number of hydrogen-bond acceptors (Lipinski definition) is 3. The number of rotatable bonds is 5. The van der Waals surface area contributed by atoms with Crippen molar-refractivity contribution in [2.75, 3.05) is 12.4 Å². The second-order valence-electron chi connectivity index (χ2n) is 3.72. The van der Waals surface area contributed by atoms with E-state index >= 15 is 0 Å². The summed E-state index contributed by atoms with van der Waals surface area (Å²) < 4.78 is 26.7. The van der Waals surface area contributed by atoms with Crippen LogP contribution < -0.4 is 0 Å². The Bertz CT molecular complexity index is 510. The van der Waals surface area contributed by atoms with Crippen molar-refractivity contribution in [3.63, 3.8) is 0 Å². The quantitative estimate of drug-likeness (QED) is 0.773. The monoisotopic (exact) mass is 333 g/mol. The Morgan fingerprint density at radius 1 is 1.41 bits per heavy atom. The number of nitrogens with zero attached hydrogens (tertiary/aromatic N) is 1. The molecule has 1 aromatic rings. The zero-order valence-corrected chi connectivity index (χ0v) is 12.6. The van der Waals surface area contributed by atoms with Gasteiger partial charge in [-0.05, 0) is 18.9 Å². The summed E-state index contributed by atoms with van der Waals surface area (Å²) in [5.41, 5.74) is 0. The lowest BCUT2D eigenvalue weighted by Gasteiger charge is -2.20. The third-order valence-corrected chi connectivity index (χ3v) is 6.34. The zero-order valence-electron chi connectivity index (χ0n) is 8.70. The van der Waals surface area contributed by atoms with Gasteiger partial charge in [-0.2, -0.15) is 4.31 Å². The lowest BCUT2D eigenvalue weighted by molar-refractivity contribution is 0.423. The highest BCUT2D eigenvalue weighted by molar-refractivity contribution is 7.89. The molecular weight excluding hydrogens is 325 g/mol. The van der Waals surface area contributed by atoms with Crippen LogP contribution in [0, 0.1) is 0 Å². The molecule has 0 aliphatic heterocycles. The van der Waals surface area contributed by atoms with Crippen LogP contribution in [0.2, 0.25) is 8.67 Å². The van der Waals surface area contributed by atoms with Gasteiger partial charge in [0.15, 0.2) is 0 Å². The SMILES string of the molecule is O=S(=O)(c1cc(Cl)sc1Cl)N(CCCl)C1CC1. The molecule has 1 aliphatic rings. The molecule has 96 valence electrons. The summed E-state index contributed by atoms with van der Waals surface area (Å²) in [6, 6.07) is 1.46. The van der Waals surface area contributed by atoms with Gasteiger partial charge in [0.1, 0.15) is 9.23 Å². The van der Waals surface area contributed by atoms with E-state index < -0.39 is 10.0 Å². The van der Waals surface area contributed by atoms with E-state index in [-0.39, 0.29) is 21.2 Å². The first kappa shape index (κ1) is 13.9. The van der Waals surface area contributed by atoms with E-state index in [4.69, 9.17) is 34.8 Å². The predicted molar refractivity (Wildman–Crippen MR) is 72.0 cm³/mol. The van der Waals surface area contributed by atoms with E-state index in [1.54, 1.807) is 0 Å². The minimum atomic E-state index is -3.57. The number of halogens is 3. The fourth-order valence-corrected chi connectivity index (χ4v) is 5.65. The molecule has 0 radical (unpaired) electrons. The largest absolute Gasteiger partial charge is 0.245 e. The molecule has 0 bridgehead atoms. The fourth-order valence-electron chi connectivity index (χ4n) is 1.57. The summed E-state index contributed by atoms with van der Waals surface area (Å²) in [5.74, 6) is 0.269. The van der Waals surface area contributed by atoms with Gasteiger partial charge in [0.2, 0.25) is 10.0 Å². The van der Waals surface area contributed by atoms with E-state index in [0.717, 1.165) is 24.2 Å². The van der Waals surface area contributed by atoms with Crippen LogP contribution in [0.15, 0.2) is 11.0 Å². The first-order valence-corrected chi connectivity index (χ1v) is 8.54. The first-order chi connectivity index (χ1) is 7.96. The Morgan fingerprint density at radius 3 is 2.47 bits per heavy atom. The maximum Gasteiger partial charge on any atom is 0.245 e. The average Bonchev–Trinajstić information content (AvgIpc) is 3.00. The summed E-state index contributed by atoms with van der Waals surface area (Å²) in [5, 5.41) is 0. The molecule has 3 nitrogen and oxygen atoms in total. The topological polar surface area (TPSA) is 37.4 Å². The van der Waals surface area contributed by atoms with Crippen molar-refractivity contribution in [1.82, 2.24) is 4.31 Å². The van der Waals surface area contributed by atoms with Gasteiger partial charge in [0.25, 0.3) is 0 Å². The Balaban J connectivity index is 2.36. The third kappa shape index (κ3) is 2.91. The number of hydrogen-bond donors (Lipinski definition) is 0. The molecule has 0 spiro atoms. The molecule has 1 fully saturated rings. The van der Waals surface area contributed by atoms with Crippen molar-refractivity contribution in [3.05, 3.63) is 14.7 Å². The molecule has 0 amide bonds. The van der Waals surface area contributed by atoms with Gasteiger partial charge >= 0.3 is 0 Å². The van der Waals surface area contributed by atoms with Crippen molar-refractivity contribution in [2.45, 2.75) is 23.8 Å². The molecule has 0 unspecified atom stereocenters. The average molecular weight is 335 g/mol. The predicted octanol–water partition coefficient (Wildman–Crippen LogP) is 3.45. The van der Waals surface area contributed by atoms with Crippen LogP contribution in [-0.4, -0.2) is 31.2 Å². The molecular formula is C9H10Cl3NO2S2. The van der Waals surface area contributed by atoms with E-state index in [2.05, 4.69) is 0 Å². The molecule has 1 heterocycles. The number of thiophene rings is 1. The Kier molecular flexibility index (Phi) is 4.28. The van der Waals surface area contributed by atoms with Crippen LogP contribution in [-0.2, 0) is 10.0 Å². The third-order valence-electron chi connectivity index (χ3n) is 2.47. The molecule has 17 heavy (non-hydrogen) atoms. The highest BCUT2D eigenvalue weighted by atomic mass is 35.5. The van der Waals surface area contributed by atoms with Gasteiger partial charge < -0.3 is 0 Å². The molecule has 1 saturated carbocycles. The standard InChI is InChI=1S/C9H10Cl3NO2S2/c10-3-4-13(6-1-2-6)17(14,15)7-5-8(11)16-9(7)12/h5-6H,1-4H2. The van der Waals surface area contributed by atoms with Crippen molar-refractivity contribution in [3.8, 4) is 0 Å². The lowest BCUT2D eigenvalue weighted by atomic mass is 10.6. The summed E-state index contributed by atoms with van der Waals surface area (Å²) in [6.45, 7) is 0.304. The van der Waals surface area contributed by atoms with Crippen LogP contribution in [0.4, 0.5) is 0 Å². The van der Waals surface area contributed by atoms with Gasteiger partial charge in [0.05, 0.1) is 4.34 Å². The number of alkyl halides is 1. The van der Waals surface area contributed by atoms with Gasteiger partial charge in [0, 0.05) is 18.5 Å². The van der Waals surface area contributed by atoms with Crippen molar-refractivity contribution >= 4 is 56.2 Å². The molecule has 0 N–H and O–H groups in total. The smallest absolute Gasteiger partial charge is 0.207 e. The Labute approximate surface area is 119 Å². The van der Waals surface area contributed by atoms with Crippen LogP contribution in [0.3, 0.4) is 0 Å². The summed E-state index contributed by atoms with van der Waals surface area (Å²) >= 11 is 18.4. The summed E-state index contributed by atoms with van der Waals surface area (Å²) in [7, 11) is -3.57. The maximum absolute atomic E-state index is 12.4. The van der Waals surface area contributed by atoms with E-state index in [1.807, 2.05) is 0 Å². The zero-order chi connectivity index (χ0) is 12.6. The molecule has 0 aromatic carbocycles. The van der Waals surface area contributed by atoms with Gasteiger partial charge in [-0.1, -0.05) is 23.2 Å². The van der Waals surface area contributed by atoms with Crippen LogP contribution >= 0.6 is 46.1 Å². The molecule has 0 saturated heterocycles. The Morgan fingerprint density at radius 2 is 2.06 bits per heavy atom. The second-order valence-corrected chi connectivity index (χ2v) is 8.25. The van der Waals surface area contributed by atoms with Crippen LogP contribution in [0.25, 0.3) is 0 Å². The van der Waals surface area contributed by atoms with Crippen molar-refractivity contribution in [1.29, 1.82) is 0 Å². The van der Waals surface area contributed by atoms with Crippen molar-refractivity contribution < 1.29 is 8.42 Å². The fraction of sp³-hybridized carbons (Fsp3) is 0.556. The second kappa shape index (κ2) is 5.23. The number of sulfonamides is 1. The van der Waals surface area contributed by atoms with Crippen LogP contribution in [0.5, 0.6) is 0 Å². The van der Waals surface area contributed by atoms with Gasteiger partial charge in [-0.15, -0.1) is 22.9 Å². The van der Waals surface area contributed by atoms with E-state index in [1.165, 1.54) is 10.4 Å². The van der Waals surface area contributed by atoms with E-state index in [9.17, 15) is 8.42 Å². The van der Waals surface area contributed by atoms with Gasteiger partial charge in [-0.3, -0.25) is 0 Å². The normalized spacial score (nSPS) is 16.7. The van der Waals surface area contributed by atoms with E-state index in [0.29, 0.717) is 10.9 Å². The first-order valence-electron chi connectivity index (χ1n) is 4.99. The molecule has 1 aromatic heterocycles. The minimum absolute atomic E-state index is 0.0634. The Hall–Kier alpha value is 0.480. The van der Waals surface area contributed by atoms with Crippen LogP contribution in [0.1, 0.15) is 12.8 Å².